The number of benzene rings is 3. The van der Waals surface area contributed by atoms with Gasteiger partial charge in [-0.05, 0) is 36.1 Å². The highest BCUT2D eigenvalue weighted by atomic mass is 16.2. The van der Waals surface area contributed by atoms with E-state index in [1.807, 2.05) is 106 Å². The molecule has 4 heteroatoms. The van der Waals surface area contributed by atoms with Crippen LogP contribution in [0.1, 0.15) is 36.5 Å². The molecule has 2 amide bonds. The smallest absolute Gasteiger partial charge is 0.247 e. The average molecular weight is 401 g/mol. The largest absolute Gasteiger partial charge is 0.343 e. The normalized spacial score (nSPS) is 11.9. The van der Waals surface area contributed by atoms with Gasteiger partial charge in [0.05, 0.1) is 5.92 Å². The van der Waals surface area contributed by atoms with Crippen molar-refractivity contribution < 1.29 is 9.59 Å². The predicted molar refractivity (Wildman–Crippen MR) is 121 cm³/mol. The van der Waals surface area contributed by atoms with Gasteiger partial charge in [0.15, 0.2) is 0 Å². The Morgan fingerprint density at radius 2 is 1.20 bits per heavy atom. The minimum atomic E-state index is -0.645. The van der Waals surface area contributed by atoms with Gasteiger partial charge < -0.3 is 10.6 Å². The lowest BCUT2D eigenvalue weighted by Gasteiger charge is -2.25. The second-order valence-corrected chi connectivity index (χ2v) is 7.84. The summed E-state index contributed by atoms with van der Waals surface area (Å²) in [6, 6.07) is 26.3. The van der Waals surface area contributed by atoms with Crippen LogP contribution in [0.15, 0.2) is 84.9 Å². The summed E-state index contributed by atoms with van der Waals surface area (Å²) in [7, 11) is 0. The summed E-state index contributed by atoms with van der Waals surface area (Å²) in [6.45, 7) is 5.86. The number of anilines is 1. The second-order valence-electron chi connectivity index (χ2n) is 7.84. The lowest BCUT2D eigenvalue weighted by Crippen LogP contribution is -2.48. The molecule has 0 heterocycles. The maximum absolute atomic E-state index is 13.4. The first-order valence-corrected chi connectivity index (χ1v) is 10.2. The van der Waals surface area contributed by atoms with Crippen molar-refractivity contribution in [2.45, 2.75) is 32.7 Å². The second kappa shape index (κ2) is 9.88. The Kier molecular flexibility index (Phi) is 7.02. The van der Waals surface area contributed by atoms with Crippen LogP contribution < -0.4 is 10.6 Å². The Labute approximate surface area is 178 Å². The van der Waals surface area contributed by atoms with Crippen molar-refractivity contribution in [2.24, 2.45) is 5.92 Å². The van der Waals surface area contributed by atoms with E-state index in [1.54, 1.807) is 0 Å². The lowest BCUT2D eigenvalue weighted by atomic mass is 9.89. The summed E-state index contributed by atoms with van der Waals surface area (Å²) >= 11 is 0. The molecule has 0 unspecified atom stereocenters. The molecule has 1 atom stereocenters. The molecule has 0 radical (unpaired) electrons. The number of aryl methyl sites for hydroxylation is 1. The van der Waals surface area contributed by atoms with Gasteiger partial charge in [0.25, 0.3) is 0 Å². The van der Waals surface area contributed by atoms with E-state index in [-0.39, 0.29) is 17.7 Å². The molecule has 0 saturated carbocycles. The minimum Gasteiger partial charge on any atom is -0.343 e. The van der Waals surface area contributed by atoms with Gasteiger partial charge >= 0.3 is 0 Å². The van der Waals surface area contributed by atoms with Crippen LogP contribution in [0.25, 0.3) is 0 Å². The van der Waals surface area contributed by atoms with Crippen LogP contribution >= 0.6 is 0 Å². The summed E-state index contributed by atoms with van der Waals surface area (Å²) in [4.78, 5) is 26.3. The molecular weight excluding hydrogens is 372 g/mol. The van der Waals surface area contributed by atoms with Crippen molar-refractivity contribution in [1.29, 1.82) is 0 Å². The first-order valence-electron chi connectivity index (χ1n) is 10.2. The standard InChI is InChI=1S/C26H28N2O2/c1-18(2)24(26(30)27-22-16-14-19(3)15-17-22)28-25(29)23(20-10-6-4-7-11-20)21-12-8-5-9-13-21/h4-18,23-24H,1-3H3,(H,27,30)(H,28,29)/t24-/m1/s1. The van der Waals surface area contributed by atoms with Crippen molar-refractivity contribution in [3.8, 4) is 0 Å². The van der Waals surface area contributed by atoms with Crippen LogP contribution in [0.5, 0.6) is 0 Å². The number of nitrogens with one attached hydrogen (secondary N) is 2. The van der Waals surface area contributed by atoms with Crippen LogP contribution in [0.4, 0.5) is 5.69 Å². The van der Waals surface area contributed by atoms with E-state index in [0.29, 0.717) is 5.69 Å². The third-order valence-corrected chi connectivity index (χ3v) is 5.09. The summed E-state index contributed by atoms with van der Waals surface area (Å²) in [6.07, 6.45) is 0. The van der Waals surface area contributed by atoms with Crippen LogP contribution in [0.3, 0.4) is 0 Å². The Balaban J connectivity index is 1.82. The van der Waals surface area contributed by atoms with E-state index in [1.165, 1.54) is 0 Å². The topological polar surface area (TPSA) is 58.2 Å². The van der Waals surface area contributed by atoms with E-state index < -0.39 is 12.0 Å². The minimum absolute atomic E-state index is 0.0633. The third-order valence-electron chi connectivity index (χ3n) is 5.09. The van der Waals surface area contributed by atoms with Gasteiger partial charge in [-0.25, -0.2) is 0 Å². The molecule has 0 saturated heterocycles. The van der Waals surface area contributed by atoms with Crippen molar-refractivity contribution in [3.63, 3.8) is 0 Å². The predicted octanol–water partition coefficient (Wildman–Crippen LogP) is 4.91. The van der Waals surface area contributed by atoms with Gasteiger partial charge in [0.2, 0.25) is 11.8 Å². The maximum atomic E-state index is 13.4. The molecule has 0 fully saturated rings. The van der Waals surface area contributed by atoms with Gasteiger partial charge in [-0.1, -0.05) is 92.2 Å². The van der Waals surface area contributed by atoms with E-state index >= 15 is 0 Å². The molecule has 0 bridgehead atoms. The molecule has 2 N–H and O–H groups in total. The van der Waals surface area contributed by atoms with Crippen molar-refractivity contribution in [2.75, 3.05) is 5.32 Å². The van der Waals surface area contributed by atoms with Crippen LogP contribution in [-0.4, -0.2) is 17.9 Å². The molecular formula is C26H28N2O2. The fourth-order valence-corrected chi connectivity index (χ4v) is 3.41. The number of hydrogen-bond acceptors (Lipinski definition) is 2. The van der Waals surface area contributed by atoms with Gasteiger partial charge in [-0.3, -0.25) is 9.59 Å². The van der Waals surface area contributed by atoms with Crippen LogP contribution in [-0.2, 0) is 9.59 Å². The molecule has 4 nitrogen and oxygen atoms in total. The Morgan fingerprint density at radius 1 is 0.700 bits per heavy atom. The van der Waals surface area contributed by atoms with Gasteiger partial charge in [-0.2, -0.15) is 0 Å². The van der Waals surface area contributed by atoms with Crippen LogP contribution in [0, 0.1) is 12.8 Å². The van der Waals surface area contributed by atoms with E-state index in [9.17, 15) is 9.59 Å². The fraction of sp³-hybridized carbons (Fsp3) is 0.231. The van der Waals surface area contributed by atoms with Crippen molar-refractivity contribution in [3.05, 3.63) is 102 Å². The highest BCUT2D eigenvalue weighted by molar-refractivity contribution is 5.98. The van der Waals surface area contributed by atoms with Gasteiger partial charge in [-0.15, -0.1) is 0 Å². The van der Waals surface area contributed by atoms with Gasteiger partial charge in [0, 0.05) is 5.69 Å². The molecule has 154 valence electrons. The Hall–Kier alpha value is -3.40. The number of rotatable bonds is 7. The first kappa shape index (κ1) is 21.3. The number of carbonyl (C=O) groups is 2. The highest BCUT2D eigenvalue weighted by Gasteiger charge is 2.29. The number of hydrogen-bond donors (Lipinski definition) is 2. The number of carbonyl (C=O) groups excluding carboxylic acids is 2. The fourth-order valence-electron chi connectivity index (χ4n) is 3.41. The molecule has 0 aromatic heterocycles. The Bertz CT molecular complexity index is 927. The molecule has 0 aliphatic heterocycles. The average Bonchev–Trinajstić information content (AvgIpc) is 2.75. The zero-order valence-electron chi connectivity index (χ0n) is 17.6. The maximum Gasteiger partial charge on any atom is 0.247 e. The molecule has 3 aromatic rings. The summed E-state index contributed by atoms with van der Waals surface area (Å²) in [5, 5.41) is 5.91. The molecule has 0 spiro atoms. The SMILES string of the molecule is Cc1ccc(NC(=O)[C@H](NC(=O)C(c2ccccc2)c2ccccc2)C(C)C)cc1. The van der Waals surface area contributed by atoms with Crippen LogP contribution in [0.2, 0.25) is 0 Å². The van der Waals surface area contributed by atoms with Gasteiger partial charge in [0.1, 0.15) is 6.04 Å². The van der Waals surface area contributed by atoms with Crippen molar-refractivity contribution in [1.82, 2.24) is 5.32 Å². The van der Waals surface area contributed by atoms with Crippen molar-refractivity contribution >= 4 is 17.5 Å². The molecule has 0 aliphatic carbocycles. The zero-order valence-corrected chi connectivity index (χ0v) is 17.6. The lowest BCUT2D eigenvalue weighted by molar-refractivity contribution is -0.127. The van der Waals surface area contributed by atoms with E-state index in [2.05, 4.69) is 10.6 Å². The zero-order chi connectivity index (χ0) is 21.5. The highest BCUT2D eigenvalue weighted by Crippen LogP contribution is 2.25. The summed E-state index contributed by atoms with van der Waals surface area (Å²) in [5.41, 5.74) is 3.62. The third kappa shape index (κ3) is 5.35. The summed E-state index contributed by atoms with van der Waals surface area (Å²) < 4.78 is 0. The molecule has 0 aliphatic rings. The number of amides is 2. The molecule has 30 heavy (non-hydrogen) atoms. The molecule has 3 aromatic carbocycles. The van der Waals surface area contributed by atoms with E-state index in [4.69, 9.17) is 0 Å². The summed E-state index contributed by atoms with van der Waals surface area (Å²) in [5.74, 6) is -0.959. The molecule has 3 rings (SSSR count). The Morgan fingerprint density at radius 3 is 1.67 bits per heavy atom. The monoisotopic (exact) mass is 400 g/mol. The quantitative estimate of drug-likeness (QED) is 0.592. The first-order chi connectivity index (χ1) is 14.5. The van der Waals surface area contributed by atoms with E-state index in [0.717, 1.165) is 16.7 Å².